The highest BCUT2D eigenvalue weighted by molar-refractivity contribution is 9.10. The number of aromatic amines is 1. The summed E-state index contributed by atoms with van der Waals surface area (Å²) in [6, 6.07) is 4.19. The van der Waals surface area contributed by atoms with E-state index in [-0.39, 0.29) is 22.0 Å². The Bertz CT molecular complexity index is 714. The van der Waals surface area contributed by atoms with Crippen LogP contribution in [-0.4, -0.2) is 29.1 Å². The summed E-state index contributed by atoms with van der Waals surface area (Å²) < 4.78 is 5.72. The number of methoxy groups -OCH3 is 1. The highest BCUT2D eigenvalue weighted by Crippen LogP contribution is 2.31. The summed E-state index contributed by atoms with van der Waals surface area (Å²) in [6.45, 7) is 0. The maximum Gasteiger partial charge on any atom is 0.339 e. The molecule has 0 atom stereocenters. The van der Waals surface area contributed by atoms with E-state index in [0.29, 0.717) is 5.69 Å². The van der Waals surface area contributed by atoms with E-state index in [4.69, 9.17) is 21.4 Å². The van der Waals surface area contributed by atoms with Gasteiger partial charge in [-0.1, -0.05) is 11.6 Å². The highest BCUT2D eigenvalue weighted by atomic mass is 79.9. The number of ether oxygens (including phenoxy) is 1. The molecule has 8 heteroatoms. The van der Waals surface area contributed by atoms with Crippen LogP contribution in [0.5, 0.6) is 5.75 Å². The number of hydrogen-bond acceptors (Lipinski definition) is 3. The second-order valence-electron chi connectivity index (χ2n) is 4.02. The lowest BCUT2D eigenvalue weighted by Crippen LogP contribution is -2.13. The van der Waals surface area contributed by atoms with Crippen molar-refractivity contribution in [2.45, 2.75) is 0 Å². The van der Waals surface area contributed by atoms with Gasteiger partial charge in [-0.25, -0.2) is 4.79 Å². The number of carboxylic acid groups (broad SMARTS) is 1. The number of anilines is 1. The van der Waals surface area contributed by atoms with Crippen molar-refractivity contribution in [1.29, 1.82) is 0 Å². The third kappa shape index (κ3) is 3.37. The van der Waals surface area contributed by atoms with E-state index in [1.165, 1.54) is 19.2 Å². The fourth-order valence-electron chi connectivity index (χ4n) is 1.67. The average Bonchev–Trinajstić information content (AvgIpc) is 2.87. The van der Waals surface area contributed by atoms with Gasteiger partial charge in [0.05, 0.1) is 17.8 Å². The Morgan fingerprint density at radius 1 is 1.38 bits per heavy atom. The Labute approximate surface area is 133 Å². The number of amides is 1. The predicted molar refractivity (Wildman–Crippen MR) is 81.4 cm³/mol. The first-order valence-corrected chi connectivity index (χ1v) is 6.85. The smallest absolute Gasteiger partial charge is 0.339 e. The van der Waals surface area contributed by atoms with Crippen LogP contribution in [0.15, 0.2) is 28.9 Å². The first-order valence-electron chi connectivity index (χ1n) is 5.68. The van der Waals surface area contributed by atoms with Gasteiger partial charge >= 0.3 is 5.97 Å². The van der Waals surface area contributed by atoms with E-state index in [2.05, 4.69) is 26.2 Å². The van der Waals surface area contributed by atoms with Crippen LogP contribution in [-0.2, 0) is 0 Å². The van der Waals surface area contributed by atoms with Crippen LogP contribution in [0.2, 0.25) is 5.02 Å². The minimum atomic E-state index is -1.17. The van der Waals surface area contributed by atoms with Crippen LogP contribution in [0.1, 0.15) is 20.8 Å². The number of benzene rings is 1. The van der Waals surface area contributed by atoms with E-state index < -0.39 is 11.9 Å². The topological polar surface area (TPSA) is 91.4 Å². The van der Waals surface area contributed by atoms with E-state index in [9.17, 15) is 9.59 Å². The minimum Gasteiger partial charge on any atom is -0.496 e. The van der Waals surface area contributed by atoms with Crippen molar-refractivity contribution in [2.75, 3.05) is 12.4 Å². The van der Waals surface area contributed by atoms with Crippen molar-refractivity contribution in [3.63, 3.8) is 0 Å². The van der Waals surface area contributed by atoms with E-state index in [1.807, 2.05) is 0 Å². The van der Waals surface area contributed by atoms with Crippen molar-refractivity contribution in [3.8, 4) is 5.75 Å². The van der Waals surface area contributed by atoms with Crippen molar-refractivity contribution in [1.82, 2.24) is 4.98 Å². The molecule has 2 rings (SSSR count). The molecule has 0 aliphatic carbocycles. The van der Waals surface area contributed by atoms with Gasteiger partial charge in [0, 0.05) is 16.7 Å². The number of nitrogens with one attached hydrogen (secondary N) is 2. The Morgan fingerprint density at radius 3 is 2.62 bits per heavy atom. The van der Waals surface area contributed by atoms with Crippen molar-refractivity contribution in [3.05, 3.63) is 45.1 Å². The molecule has 3 N–H and O–H groups in total. The van der Waals surface area contributed by atoms with Crippen LogP contribution in [0, 0.1) is 0 Å². The lowest BCUT2D eigenvalue weighted by molar-refractivity contribution is 0.0693. The molecule has 2 aromatic rings. The van der Waals surface area contributed by atoms with Gasteiger partial charge in [-0.05, 0) is 28.1 Å². The third-order valence-electron chi connectivity index (χ3n) is 2.66. The molecule has 6 nitrogen and oxygen atoms in total. The van der Waals surface area contributed by atoms with Gasteiger partial charge in [0.2, 0.25) is 0 Å². The number of H-pyrrole nitrogens is 1. The summed E-state index contributed by atoms with van der Waals surface area (Å²) in [5, 5.41) is 11.7. The number of rotatable bonds is 4. The molecule has 110 valence electrons. The normalized spacial score (nSPS) is 10.2. The molecule has 0 aliphatic rings. The summed E-state index contributed by atoms with van der Waals surface area (Å²) in [5.41, 5.74) is 0.511. The number of aromatic nitrogens is 1. The second kappa shape index (κ2) is 6.19. The van der Waals surface area contributed by atoms with Gasteiger partial charge in [-0.3, -0.25) is 4.79 Å². The molecule has 0 saturated carbocycles. The zero-order chi connectivity index (χ0) is 15.6. The first kappa shape index (κ1) is 15.4. The first-order chi connectivity index (χ1) is 9.92. The molecule has 1 aromatic heterocycles. The number of aromatic carboxylic acids is 1. The van der Waals surface area contributed by atoms with Crippen molar-refractivity contribution in [2.24, 2.45) is 0 Å². The quantitative estimate of drug-likeness (QED) is 0.766. The van der Waals surface area contributed by atoms with Crippen LogP contribution in [0.4, 0.5) is 5.69 Å². The number of halogens is 2. The third-order valence-corrected chi connectivity index (χ3v) is 3.43. The predicted octanol–water partition coefficient (Wildman–Crippen LogP) is 3.39. The van der Waals surface area contributed by atoms with Crippen LogP contribution >= 0.6 is 27.5 Å². The monoisotopic (exact) mass is 372 g/mol. The molecule has 1 heterocycles. The number of carbonyl (C=O) groups excluding carboxylic acids is 1. The molecule has 0 fully saturated rings. The fraction of sp³-hybridized carbons (Fsp3) is 0.0769. The zero-order valence-electron chi connectivity index (χ0n) is 10.7. The maximum absolute atomic E-state index is 12.0. The van der Waals surface area contributed by atoms with Gasteiger partial charge in [-0.15, -0.1) is 0 Å². The highest BCUT2D eigenvalue weighted by Gasteiger charge is 2.17. The molecule has 21 heavy (non-hydrogen) atoms. The molecule has 0 aliphatic heterocycles. The van der Waals surface area contributed by atoms with Gasteiger partial charge < -0.3 is 20.1 Å². The van der Waals surface area contributed by atoms with Gasteiger partial charge in [-0.2, -0.15) is 0 Å². The maximum atomic E-state index is 12.0. The largest absolute Gasteiger partial charge is 0.496 e. The molecule has 1 aromatic carbocycles. The van der Waals surface area contributed by atoms with E-state index >= 15 is 0 Å². The van der Waals surface area contributed by atoms with E-state index in [0.717, 1.165) is 4.47 Å². The second-order valence-corrected chi connectivity index (χ2v) is 5.35. The number of carboxylic acids is 1. The number of carbonyl (C=O) groups is 2. The van der Waals surface area contributed by atoms with Gasteiger partial charge in [0.15, 0.2) is 0 Å². The van der Waals surface area contributed by atoms with Crippen LogP contribution < -0.4 is 10.1 Å². The molecular weight excluding hydrogens is 364 g/mol. The van der Waals surface area contributed by atoms with Crippen molar-refractivity contribution < 1.29 is 19.4 Å². The Balaban J connectivity index is 2.32. The van der Waals surface area contributed by atoms with Gasteiger partial charge in [0.1, 0.15) is 17.0 Å². The Morgan fingerprint density at radius 2 is 2.10 bits per heavy atom. The van der Waals surface area contributed by atoms with E-state index in [1.54, 1.807) is 12.3 Å². The van der Waals surface area contributed by atoms with Crippen LogP contribution in [0.3, 0.4) is 0 Å². The molecule has 0 saturated heterocycles. The Hall–Kier alpha value is -1.99. The number of hydrogen-bond donors (Lipinski definition) is 3. The minimum absolute atomic E-state index is 0.0804. The molecular formula is C13H10BrClN2O4. The molecule has 1 amide bonds. The molecule has 0 bridgehead atoms. The van der Waals surface area contributed by atoms with Crippen LogP contribution in [0.25, 0.3) is 0 Å². The fourth-order valence-corrected chi connectivity index (χ4v) is 2.23. The standard InChI is InChI=1S/C13H10BrClN2O4/c1-21-11-4-9(8(15)3-7(11)13(19)20)17-12(18)10-2-6(14)5-16-10/h2-5,16H,1H3,(H,17,18)(H,19,20). The summed E-state index contributed by atoms with van der Waals surface area (Å²) in [7, 11) is 1.34. The molecule has 0 spiro atoms. The SMILES string of the molecule is COc1cc(NC(=O)c2cc(Br)c[nH]2)c(Cl)cc1C(=O)O. The zero-order valence-corrected chi connectivity index (χ0v) is 13.1. The molecule has 0 radical (unpaired) electrons. The average molecular weight is 374 g/mol. The Kier molecular flexibility index (Phi) is 4.54. The lowest BCUT2D eigenvalue weighted by atomic mass is 10.1. The lowest BCUT2D eigenvalue weighted by Gasteiger charge is -2.11. The summed E-state index contributed by atoms with van der Waals surface area (Å²) in [6.07, 6.45) is 1.62. The van der Waals surface area contributed by atoms with Gasteiger partial charge in [0.25, 0.3) is 5.91 Å². The molecule has 0 unspecified atom stereocenters. The summed E-state index contributed by atoms with van der Waals surface area (Å²) in [4.78, 5) is 25.8. The van der Waals surface area contributed by atoms with Crippen molar-refractivity contribution >= 4 is 45.1 Å². The summed E-state index contributed by atoms with van der Waals surface area (Å²) >= 11 is 9.21. The summed E-state index contributed by atoms with van der Waals surface area (Å²) in [5.74, 6) is -1.47.